The Morgan fingerprint density at radius 3 is 3.18 bits per heavy atom. The maximum Gasteiger partial charge on any atom is 0.0743 e. The molecule has 0 unspecified atom stereocenters. The van der Waals surface area contributed by atoms with Crippen LogP contribution in [-0.2, 0) is 17.9 Å². The smallest absolute Gasteiger partial charge is 0.0743 e. The van der Waals surface area contributed by atoms with Crippen molar-refractivity contribution in [3.05, 3.63) is 18.0 Å². The quantitative estimate of drug-likeness (QED) is 0.716. The van der Waals surface area contributed by atoms with E-state index in [2.05, 4.69) is 21.0 Å². The van der Waals surface area contributed by atoms with Crippen molar-refractivity contribution in [1.29, 1.82) is 0 Å². The van der Waals surface area contributed by atoms with E-state index in [4.69, 9.17) is 4.74 Å². The number of ether oxygens (including phenoxy) is 1. The standard InChI is InChI=1S/C7H11BrN2O/c1-11-6-7-4-9-10(5-7)3-2-8/h4-5H,2-3,6H2,1H3. The maximum absolute atomic E-state index is 4.95. The van der Waals surface area contributed by atoms with Crippen molar-refractivity contribution in [3.63, 3.8) is 0 Å². The van der Waals surface area contributed by atoms with Crippen molar-refractivity contribution in [2.45, 2.75) is 13.2 Å². The predicted molar refractivity (Wildman–Crippen MR) is 46.7 cm³/mol. The molecular formula is C7H11BrN2O. The molecular weight excluding hydrogens is 208 g/mol. The van der Waals surface area contributed by atoms with E-state index in [1.807, 2.05) is 17.1 Å². The van der Waals surface area contributed by atoms with Gasteiger partial charge in [-0.25, -0.2) is 0 Å². The Labute approximate surface area is 74.5 Å². The van der Waals surface area contributed by atoms with E-state index in [1.54, 1.807) is 7.11 Å². The normalized spacial score (nSPS) is 10.4. The van der Waals surface area contributed by atoms with Gasteiger partial charge in [0.2, 0.25) is 0 Å². The summed E-state index contributed by atoms with van der Waals surface area (Å²) in [7, 11) is 1.68. The van der Waals surface area contributed by atoms with Crippen molar-refractivity contribution in [2.24, 2.45) is 0 Å². The van der Waals surface area contributed by atoms with Crippen LogP contribution < -0.4 is 0 Å². The lowest BCUT2D eigenvalue weighted by atomic mass is 10.4. The molecule has 1 rings (SSSR count). The minimum Gasteiger partial charge on any atom is -0.380 e. The van der Waals surface area contributed by atoms with Gasteiger partial charge in [-0.2, -0.15) is 5.10 Å². The fraction of sp³-hybridized carbons (Fsp3) is 0.571. The van der Waals surface area contributed by atoms with E-state index in [0.717, 1.165) is 17.4 Å². The number of aromatic nitrogens is 2. The van der Waals surface area contributed by atoms with Crippen LogP contribution in [0.4, 0.5) is 0 Å². The van der Waals surface area contributed by atoms with Crippen LogP contribution in [0.5, 0.6) is 0 Å². The molecule has 0 N–H and O–H groups in total. The molecule has 11 heavy (non-hydrogen) atoms. The third kappa shape index (κ3) is 2.63. The van der Waals surface area contributed by atoms with Crippen LogP contribution in [0.3, 0.4) is 0 Å². The molecule has 0 aliphatic heterocycles. The van der Waals surface area contributed by atoms with Gasteiger partial charge in [0.25, 0.3) is 0 Å². The average Bonchev–Trinajstić information content (AvgIpc) is 2.38. The van der Waals surface area contributed by atoms with Gasteiger partial charge >= 0.3 is 0 Å². The van der Waals surface area contributed by atoms with E-state index in [9.17, 15) is 0 Å². The first kappa shape index (κ1) is 8.74. The number of halogens is 1. The van der Waals surface area contributed by atoms with Crippen molar-refractivity contribution in [1.82, 2.24) is 9.78 Å². The van der Waals surface area contributed by atoms with Gasteiger partial charge in [0.15, 0.2) is 0 Å². The first-order valence-corrected chi connectivity index (χ1v) is 4.55. The van der Waals surface area contributed by atoms with Crippen LogP contribution in [0, 0.1) is 0 Å². The van der Waals surface area contributed by atoms with Gasteiger partial charge in [-0.15, -0.1) is 0 Å². The molecule has 0 atom stereocenters. The number of rotatable bonds is 4. The molecule has 1 heterocycles. The molecule has 0 saturated heterocycles. The molecule has 0 aliphatic carbocycles. The number of nitrogens with zero attached hydrogens (tertiary/aromatic N) is 2. The predicted octanol–water partition coefficient (Wildman–Crippen LogP) is 1.42. The molecule has 0 aliphatic rings. The van der Waals surface area contributed by atoms with Gasteiger partial charge in [0.1, 0.15) is 0 Å². The fourth-order valence-electron chi connectivity index (χ4n) is 0.856. The molecule has 3 nitrogen and oxygen atoms in total. The molecule has 0 spiro atoms. The Bertz CT molecular complexity index is 191. The topological polar surface area (TPSA) is 27.1 Å². The maximum atomic E-state index is 4.95. The second kappa shape index (κ2) is 4.51. The van der Waals surface area contributed by atoms with Gasteiger partial charge in [-0.1, -0.05) is 15.9 Å². The first-order valence-electron chi connectivity index (χ1n) is 3.43. The molecule has 0 saturated carbocycles. The van der Waals surface area contributed by atoms with Crippen LogP contribution in [0.25, 0.3) is 0 Å². The Balaban J connectivity index is 2.51. The van der Waals surface area contributed by atoms with Crippen molar-refractivity contribution >= 4 is 15.9 Å². The Morgan fingerprint density at radius 1 is 1.73 bits per heavy atom. The van der Waals surface area contributed by atoms with Crippen LogP contribution in [0.1, 0.15) is 5.56 Å². The first-order chi connectivity index (χ1) is 5.36. The van der Waals surface area contributed by atoms with Gasteiger partial charge in [-0.3, -0.25) is 4.68 Å². The molecule has 0 bridgehead atoms. The summed E-state index contributed by atoms with van der Waals surface area (Å²) >= 11 is 3.34. The summed E-state index contributed by atoms with van der Waals surface area (Å²) in [4.78, 5) is 0. The highest BCUT2D eigenvalue weighted by molar-refractivity contribution is 9.09. The summed E-state index contributed by atoms with van der Waals surface area (Å²) in [5.74, 6) is 0. The minimum atomic E-state index is 0.641. The van der Waals surface area contributed by atoms with E-state index in [0.29, 0.717) is 6.61 Å². The molecule has 1 aromatic heterocycles. The van der Waals surface area contributed by atoms with Crippen LogP contribution >= 0.6 is 15.9 Å². The molecule has 0 radical (unpaired) electrons. The molecule has 4 heteroatoms. The zero-order chi connectivity index (χ0) is 8.10. The zero-order valence-electron chi connectivity index (χ0n) is 6.46. The Hall–Kier alpha value is -0.350. The summed E-state index contributed by atoms with van der Waals surface area (Å²) in [6.45, 7) is 1.55. The summed E-state index contributed by atoms with van der Waals surface area (Å²) < 4.78 is 6.85. The Morgan fingerprint density at radius 2 is 2.55 bits per heavy atom. The largest absolute Gasteiger partial charge is 0.380 e. The Kier molecular flexibility index (Phi) is 3.59. The van der Waals surface area contributed by atoms with Crippen LogP contribution in [0.15, 0.2) is 12.4 Å². The monoisotopic (exact) mass is 218 g/mol. The second-order valence-electron chi connectivity index (χ2n) is 2.23. The molecule has 62 valence electrons. The van der Waals surface area contributed by atoms with Crippen molar-refractivity contribution < 1.29 is 4.74 Å². The molecule has 1 aromatic rings. The number of hydrogen-bond donors (Lipinski definition) is 0. The highest BCUT2D eigenvalue weighted by Gasteiger charge is 1.95. The lowest BCUT2D eigenvalue weighted by molar-refractivity contribution is 0.185. The van der Waals surface area contributed by atoms with Crippen LogP contribution in [0.2, 0.25) is 0 Å². The average molecular weight is 219 g/mol. The summed E-state index contributed by atoms with van der Waals surface area (Å²) in [6.07, 6.45) is 3.82. The van der Waals surface area contributed by atoms with Gasteiger partial charge in [0.05, 0.1) is 19.3 Å². The lowest BCUT2D eigenvalue weighted by Gasteiger charge is -1.94. The molecule has 0 fully saturated rings. The van der Waals surface area contributed by atoms with E-state index < -0.39 is 0 Å². The SMILES string of the molecule is COCc1cnn(CCBr)c1. The third-order valence-corrected chi connectivity index (χ3v) is 1.67. The van der Waals surface area contributed by atoms with Crippen molar-refractivity contribution in [2.75, 3.05) is 12.4 Å². The third-order valence-electron chi connectivity index (χ3n) is 1.31. The van der Waals surface area contributed by atoms with Crippen LogP contribution in [-0.4, -0.2) is 22.2 Å². The van der Waals surface area contributed by atoms with E-state index in [-0.39, 0.29) is 0 Å². The highest BCUT2D eigenvalue weighted by Crippen LogP contribution is 1.99. The van der Waals surface area contributed by atoms with Crippen molar-refractivity contribution in [3.8, 4) is 0 Å². The van der Waals surface area contributed by atoms with E-state index >= 15 is 0 Å². The highest BCUT2D eigenvalue weighted by atomic mass is 79.9. The number of hydrogen-bond acceptors (Lipinski definition) is 2. The fourth-order valence-corrected chi connectivity index (χ4v) is 1.22. The van der Waals surface area contributed by atoms with Gasteiger partial charge in [0, 0.05) is 24.2 Å². The molecule has 0 amide bonds. The summed E-state index contributed by atoms with van der Waals surface area (Å²) in [5, 5.41) is 5.06. The second-order valence-corrected chi connectivity index (χ2v) is 3.03. The zero-order valence-corrected chi connectivity index (χ0v) is 8.04. The lowest BCUT2D eigenvalue weighted by Crippen LogP contribution is -1.98. The number of aryl methyl sites for hydroxylation is 1. The van der Waals surface area contributed by atoms with Gasteiger partial charge in [-0.05, 0) is 0 Å². The molecule has 0 aromatic carbocycles. The summed E-state index contributed by atoms with van der Waals surface area (Å²) in [6, 6.07) is 0. The number of methoxy groups -OCH3 is 1. The van der Waals surface area contributed by atoms with E-state index in [1.165, 1.54) is 0 Å². The minimum absolute atomic E-state index is 0.641. The number of alkyl halides is 1. The summed E-state index contributed by atoms with van der Waals surface area (Å²) in [5.41, 5.74) is 1.12. The van der Waals surface area contributed by atoms with Gasteiger partial charge < -0.3 is 4.74 Å².